The van der Waals surface area contributed by atoms with E-state index in [0.29, 0.717) is 11.3 Å². The second-order valence-corrected chi connectivity index (χ2v) is 8.90. The summed E-state index contributed by atoms with van der Waals surface area (Å²) in [5.74, 6) is 0. The molecule has 0 saturated carbocycles. The van der Waals surface area contributed by atoms with Gasteiger partial charge in [-0.15, -0.1) is 0 Å². The Kier molecular flexibility index (Phi) is 5.11. The summed E-state index contributed by atoms with van der Waals surface area (Å²) in [6, 6.07) is 44.0. The lowest BCUT2D eigenvalue weighted by atomic mass is 9.87. The second-order valence-electron chi connectivity index (χ2n) is 7.41. The van der Waals surface area contributed by atoms with Crippen molar-refractivity contribution in [3.05, 3.63) is 144 Å². The Morgan fingerprint density at radius 1 is 0.379 bits per heavy atom. The molecule has 0 spiro atoms. The molecule has 5 rings (SSSR count). The molecule has 0 aliphatic carbocycles. The standard InChI is InChI=1S/C28H23P/c1-5-13-21(14-6-1)25-26(22-15-7-2-8-16-22)28(24-19-11-4-12-20-24)29-27(25)23-17-9-3-10-18-23/h1-20,27-29H. The van der Waals surface area contributed by atoms with Crippen LogP contribution in [0.3, 0.4) is 0 Å². The molecule has 0 fully saturated rings. The maximum atomic E-state index is 2.29. The van der Waals surface area contributed by atoms with Crippen molar-refractivity contribution in [1.82, 2.24) is 0 Å². The van der Waals surface area contributed by atoms with Crippen LogP contribution in [-0.4, -0.2) is 0 Å². The molecule has 0 radical (unpaired) electrons. The van der Waals surface area contributed by atoms with E-state index in [1.165, 1.54) is 33.4 Å². The molecule has 1 aliphatic rings. The highest BCUT2D eigenvalue weighted by Crippen LogP contribution is 2.66. The summed E-state index contributed by atoms with van der Waals surface area (Å²) in [5.41, 5.74) is 9.30. The van der Waals surface area contributed by atoms with Crippen molar-refractivity contribution in [1.29, 1.82) is 0 Å². The van der Waals surface area contributed by atoms with Crippen LogP contribution >= 0.6 is 8.58 Å². The zero-order valence-corrected chi connectivity index (χ0v) is 17.2. The Morgan fingerprint density at radius 2 is 0.690 bits per heavy atom. The van der Waals surface area contributed by atoms with Crippen LogP contribution < -0.4 is 0 Å². The zero-order chi connectivity index (χ0) is 19.5. The van der Waals surface area contributed by atoms with Gasteiger partial charge in [0.1, 0.15) is 0 Å². The van der Waals surface area contributed by atoms with E-state index in [1.807, 2.05) is 0 Å². The van der Waals surface area contributed by atoms with Gasteiger partial charge >= 0.3 is 0 Å². The van der Waals surface area contributed by atoms with Crippen LogP contribution in [0.15, 0.2) is 121 Å². The Morgan fingerprint density at radius 3 is 1.03 bits per heavy atom. The predicted octanol–water partition coefficient (Wildman–Crippen LogP) is 7.77. The van der Waals surface area contributed by atoms with Crippen molar-refractivity contribution in [2.24, 2.45) is 0 Å². The van der Waals surface area contributed by atoms with Gasteiger partial charge in [-0.25, -0.2) is 0 Å². The summed E-state index contributed by atoms with van der Waals surface area (Å²) in [7, 11) is 0.783. The highest BCUT2D eigenvalue weighted by atomic mass is 31.1. The highest BCUT2D eigenvalue weighted by molar-refractivity contribution is 7.41. The van der Waals surface area contributed by atoms with Gasteiger partial charge in [-0.1, -0.05) is 130 Å². The van der Waals surface area contributed by atoms with Crippen molar-refractivity contribution < 1.29 is 0 Å². The molecule has 0 amide bonds. The predicted molar refractivity (Wildman–Crippen MR) is 126 cm³/mol. The number of allylic oxidation sites excluding steroid dienone is 2. The van der Waals surface area contributed by atoms with E-state index in [9.17, 15) is 0 Å². The molecule has 0 nitrogen and oxygen atoms in total. The average Bonchev–Trinajstić information content (AvgIpc) is 3.22. The van der Waals surface area contributed by atoms with E-state index < -0.39 is 0 Å². The molecule has 0 N–H and O–H groups in total. The van der Waals surface area contributed by atoms with Crippen LogP contribution in [0.25, 0.3) is 11.1 Å². The molecule has 0 bridgehead atoms. The lowest BCUT2D eigenvalue weighted by Crippen LogP contribution is -1.96. The maximum Gasteiger partial charge on any atom is 0.0281 e. The Labute approximate surface area is 174 Å². The number of rotatable bonds is 4. The zero-order valence-electron chi connectivity index (χ0n) is 16.2. The highest BCUT2D eigenvalue weighted by Gasteiger charge is 2.36. The van der Waals surface area contributed by atoms with Crippen LogP contribution in [0, 0.1) is 0 Å². The number of benzene rings is 4. The van der Waals surface area contributed by atoms with Gasteiger partial charge in [-0.05, 0) is 33.4 Å². The van der Waals surface area contributed by atoms with Gasteiger partial charge in [-0.3, -0.25) is 0 Å². The van der Waals surface area contributed by atoms with Gasteiger partial charge in [0.2, 0.25) is 0 Å². The third kappa shape index (κ3) is 3.57. The van der Waals surface area contributed by atoms with Gasteiger partial charge in [0, 0.05) is 11.3 Å². The third-order valence-corrected chi connectivity index (χ3v) is 7.55. The van der Waals surface area contributed by atoms with Crippen LogP contribution in [0.2, 0.25) is 0 Å². The van der Waals surface area contributed by atoms with E-state index in [0.717, 1.165) is 8.58 Å². The van der Waals surface area contributed by atoms with E-state index >= 15 is 0 Å². The fourth-order valence-corrected chi connectivity index (χ4v) is 6.42. The molecular weight excluding hydrogens is 367 g/mol. The van der Waals surface area contributed by atoms with Gasteiger partial charge in [0.05, 0.1) is 0 Å². The number of hydrogen-bond acceptors (Lipinski definition) is 0. The molecule has 2 atom stereocenters. The fraction of sp³-hybridized carbons (Fsp3) is 0.0714. The minimum Gasteiger partial charge on any atom is -0.0971 e. The summed E-state index contributed by atoms with van der Waals surface area (Å²) in [6.07, 6.45) is 0. The SMILES string of the molecule is c1ccc(C2=C(c3ccccc3)C(c3ccccc3)PC2c2ccccc2)cc1. The molecular formula is C28H23P. The minimum absolute atomic E-state index is 0.416. The van der Waals surface area contributed by atoms with Gasteiger partial charge < -0.3 is 0 Å². The molecule has 140 valence electrons. The molecule has 2 unspecified atom stereocenters. The van der Waals surface area contributed by atoms with Crippen molar-refractivity contribution in [2.75, 3.05) is 0 Å². The summed E-state index contributed by atoms with van der Waals surface area (Å²) >= 11 is 0. The van der Waals surface area contributed by atoms with E-state index in [-0.39, 0.29) is 0 Å². The Bertz CT molecular complexity index is 1010. The molecule has 29 heavy (non-hydrogen) atoms. The fourth-order valence-electron chi connectivity index (χ4n) is 4.34. The molecule has 1 heterocycles. The van der Waals surface area contributed by atoms with E-state index in [1.54, 1.807) is 0 Å². The second kappa shape index (κ2) is 8.19. The van der Waals surface area contributed by atoms with Crippen LogP contribution in [-0.2, 0) is 0 Å². The largest absolute Gasteiger partial charge is 0.0971 e. The van der Waals surface area contributed by atoms with Crippen LogP contribution in [0.5, 0.6) is 0 Å². The van der Waals surface area contributed by atoms with Crippen LogP contribution in [0.1, 0.15) is 33.6 Å². The third-order valence-electron chi connectivity index (χ3n) is 5.64. The molecule has 4 aromatic carbocycles. The molecule has 1 heteroatoms. The maximum absolute atomic E-state index is 2.29. The molecule has 1 aliphatic heterocycles. The van der Waals surface area contributed by atoms with Gasteiger partial charge in [0.25, 0.3) is 0 Å². The summed E-state index contributed by atoms with van der Waals surface area (Å²) in [6.45, 7) is 0. The van der Waals surface area contributed by atoms with Gasteiger partial charge in [0.15, 0.2) is 0 Å². The lowest BCUT2D eigenvalue weighted by Gasteiger charge is -2.17. The first kappa shape index (κ1) is 18.1. The number of hydrogen-bond donors (Lipinski definition) is 0. The van der Waals surface area contributed by atoms with E-state index in [4.69, 9.17) is 0 Å². The smallest absolute Gasteiger partial charge is 0.0281 e. The molecule has 0 aromatic heterocycles. The van der Waals surface area contributed by atoms with Gasteiger partial charge in [-0.2, -0.15) is 0 Å². The lowest BCUT2D eigenvalue weighted by molar-refractivity contribution is 1.23. The first-order valence-electron chi connectivity index (χ1n) is 10.1. The Hall–Kier alpha value is -2.95. The average molecular weight is 390 g/mol. The molecule has 4 aromatic rings. The quantitative estimate of drug-likeness (QED) is 0.312. The van der Waals surface area contributed by atoms with Crippen molar-refractivity contribution in [3.63, 3.8) is 0 Å². The van der Waals surface area contributed by atoms with E-state index in [2.05, 4.69) is 121 Å². The summed E-state index contributed by atoms with van der Waals surface area (Å²) < 4.78 is 0. The van der Waals surface area contributed by atoms with Crippen molar-refractivity contribution >= 4 is 19.7 Å². The summed E-state index contributed by atoms with van der Waals surface area (Å²) in [5, 5.41) is 0. The Balaban J connectivity index is 1.77. The summed E-state index contributed by atoms with van der Waals surface area (Å²) in [4.78, 5) is 0. The normalized spacial score (nSPS) is 19.6. The van der Waals surface area contributed by atoms with Crippen molar-refractivity contribution in [3.8, 4) is 0 Å². The molecule has 0 saturated heterocycles. The topological polar surface area (TPSA) is 0 Å². The van der Waals surface area contributed by atoms with Crippen LogP contribution in [0.4, 0.5) is 0 Å². The van der Waals surface area contributed by atoms with Crippen molar-refractivity contribution in [2.45, 2.75) is 11.3 Å². The minimum atomic E-state index is 0.416. The monoisotopic (exact) mass is 390 g/mol. The first-order valence-corrected chi connectivity index (χ1v) is 11.3. The first-order chi connectivity index (χ1) is 14.4.